The predicted octanol–water partition coefficient (Wildman–Crippen LogP) is 2.99. The number of rotatable bonds is 2. The van der Waals surface area contributed by atoms with Crippen LogP contribution in [0.5, 0.6) is 5.75 Å². The van der Waals surface area contributed by atoms with Crippen LogP contribution in [0.1, 0.15) is 29.0 Å². The summed E-state index contributed by atoms with van der Waals surface area (Å²) in [7, 11) is 0. The van der Waals surface area contributed by atoms with Gasteiger partial charge >= 0.3 is 0 Å². The highest BCUT2D eigenvalue weighted by atomic mass is 16.3. The molecule has 3 rings (SSSR count). The molecule has 0 aromatic heterocycles. The molecule has 0 saturated heterocycles. The lowest BCUT2D eigenvalue weighted by Gasteiger charge is -2.31. The molecular formula is C17H19NO. The highest BCUT2D eigenvalue weighted by Gasteiger charge is 2.27. The molecule has 2 nitrogen and oxygen atoms in total. The van der Waals surface area contributed by atoms with Crippen molar-refractivity contribution in [2.75, 3.05) is 0 Å². The van der Waals surface area contributed by atoms with Crippen LogP contribution in [0, 0.1) is 0 Å². The Bertz CT molecular complexity index is 565. The Kier molecular flexibility index (Phi) is 3.26. The van der Waals surface area contributed by atoms with E-state index in [0.29, 0.717) is 11.7 Å². The zero-order valence-corrected chi connectivity index (χ0v) is 10.9. The van der Waals surface area contributed by atoms with Crippen LogP contribution in [0.4, 0.5) is 0 Å². The Morgan fingerprint density at radius 2 is 1.89 bits per heavy atom. The van der Waals surface area contributed by atoms with E-state index in [1.165, 1.54) is 16.7 Å². The fourth-order valence-corrected chi connectivity index (χ4v) is 3.04. The molecule has 98 valence electrons. The summed E-state index contributed by atoms with van der Waals surface area (Å²) < 4.78 is 0. The van der Waals surface area contributed by atoms with E-state index in [0.717, 1.165) is 19.3 Å². The first-order valence-corrected chi connectivity index (χ1v) is 6.85. The average Bonchev–Trinajstić information content (AvgIpc) is 2.43. The third kappa shape index (κ3) is 2.49. The summed E-state index contributed by atoms with van der Waals surface area (Å²) in [6, 6.07) is 16.3. The van der Waals surface area contributed by atoms with Crippen molar-refractivity contribution in [3.05, 3.63) is 65.2 Å². The molecule has 0 fully saturated rings. The fraction of sp³-hybridized carbons (Fsp3) is 0.294. The number of hydrogen-bond donors (Lipinski definition) is 2. The van der Waals surface area contributed by atoms with E-state index in [2.05, 4.69) is 24.3 Å². The lowest BCUT2D eigenvalue weighted by Crippen LogP contribution is -2.34. The van der Waals surface area contributed by atoms with Crippen LogP contribution >= 0.6 is 0 Å². The van der Waals surface area contributed by atoms with E-state index < -0.39 is 0 Å². The quantitative estimate of drug-likeness (QED) is 0.864. The molecule has 1 aliphatic rings. The lowest BCUT2D eigenvalue weighted by molar-refractivity contribution is 0.451. The molecule has 2 atom stereocenters. The minimum Gasteiger partial charge on any atom is -0.508 e. The van der Waals surface area contributed by atoms with Crippen molar-refractivity contribution in [2.45, 2.75) is 31.2 Å². The zero-order valence-electron chi connectivity index (χ0n) is 10.9. The van der Waals surface area contributed by atoms with Gasteiger partial charge in [-0.05, 0) is 48.1 Å². The second-order valence-corrected chi connectivity index (χ2v) is 5.38. The number of hydrogen-bond acceptors (Lipinski definition) is 2. The van der Waals surface area contributed by atoms with E-state index in [1.807, 2.05) is 18.2 Å². The van der Waals surface area contributed by atoms with Gasteiger partial charge in [0.25, 0.3) is 0 Å². The summed E-state index contributed by atoms with van der Waals surface area (Å²) in [5, 5.41) is 9.72. The Morgan fingerprint density at radius 1 is 1.11 bits per heavy atom. The third-order valence-corrected chi connectivity index (χ3v) is 4.09. The Hall–Kier alpha value is -1.80. The molecule has 0 heterocycles. The second kappa shape index (κ2) is 5.06. The molecule has 0 saturated carbocycles. The molecule has 0 spiro atoms. The van der Waals surface area contributed by atoms with Crippen LogP contribution in [-0.4, -0.2) is 11.1 Å². The molecule has 3 N–H and O–H groups in total. The summed E-state index contributed by atoms with van der Waals surface area (Å²) in [5.41, 5.74) is 10.2. The maximum absolute atomic E-state index is 9.72. The summed E-state index contributed by atoms with van der Waals surface area (Å²) >= 11 is 0. The predicted molar refractivity (Wildman–Crippen MR) is 77.3 cm³/mol. The van der Waals surface area contributed by atoms with Gasteiger partial charge in [0.15, 0.2) is 0 Å². The molecule has 2 unspecified atom stereocenters. The van der Waals surface area contributed by atoms with E-state index in [9.17, 15) is 5.11 Å². The number of aryl methyl sites for hydroxylation is 1. The van der Waals surface area contributed by atoms with Gasteiger partial charge in [-0.25, -0.2) is 0 Å². The van der Waals surface area contributed by atoms with E-state index in [1.54, 1.807) is 6.07 Å². The molecule has 2 aromatic rings. The molecular weight excluding hydrogens is 234 g/mol. The van der Waals surface area contributed by atoms with Crippen molar-refractivity contribution in [3.63, 3.8) is 0 Å². The van der Waals surface area contributed by atoms with Gasteiger partial charge in [-0.2, -0.15) is 0 Å². The van der Waals surface area contributed by atoms with Crippen LogP contribution in [0.2, 0.25) is 0 Å². The van der Waals surface area contributed by atoms with E-state index >= 15 is 0 Å². The smallest absolute Gasteiger partial charge is 0.115 e. The summed E-state index contributed by atoms with van der Waals surface area (Å²) in [6.45, 7) is 0. The van der Waals surface area contributed by atoms with Crippen molar-refractivity contribution < 1.29 is 5.11 Å². The van der Waals surface area contributed by atoms with E-state index in [4.69, 9.17) is 5.73 Å². The number of phenols is 1. The van der Waals surface area contributed by atoms with Crippen molar-refractivity contribution in [1.82, 2.24) is 0 Å². The zero-order chi connectivity index (χ0) is 13.2. The Labute approximate surface area is 113 Å². The maximum Gasteiger partial charge on any atom is 0.115 e. The van der Waals surface area contributed by atoms with Crippen molar-refractivity contribution in [1.29, 1.82) is 0 Å². The maximum atomic E-state index is 9.72. The molecule has 0 bridgehead atoms. The summed E-state index contributed by atoms with van der Waals surface area (Å²) in [6.07, 6.45) is 2.98. The van der Waals surface area contributed by atoms with Gasteiger partial charge in [-0.15, -0.1) is 0 Å². The fourth-order valence-electron chi connectivity index (χ4n) is 3.04. The first-order chi connectivity index (χ1) is 9.24. The van der Waals surface area contributed by atoms with Crippen molar-refractivity contribution in [3.8, 4) is 5.75 Å². The Balaban J connectivity index is 1.94. The standard InChI is InChI=1S/C17H19NO/c18-17-9-7-13-6-8-14(19)11-15(13)16(17)10-12-4-2-1-3-5-12/h1-6,8,11,16-17,19H,7,9-10,18H2. The van der Waals surface area contributed by atoms with Crippen LogP contribution < -0.4 is 5.73 Å². The first-order valence-electron chi connectivity index (χ1n) is 6.85. The van der Waals surface area contributed by atoms with Gasteiger partial charge < -0.3 is 10.8 Å². The van der Waals surface area contributed by atoms with Gasteiger partial charge in [-0.3, -0.25) is 0 Å². The SMILES string of the molecule is NC1CCc2ccc(O)cc2C1Cc1ccccc1. The molecule has 19 heavy (non-hydrogen) atoms. The third-order valence-electron chi connectivity index (χ3n) is 4.09. The van der Waals surface area contributed by atoms with Gasteiger partial charge in [0.1, 0.15) is 5.75 Å². The van der Waals surface area contributed by atoms with Gasteiger partial charge in [-0.1, -0.05) is 36.4 Å². The van der Waals surface area contributed by atoms with Crippen LogP contribution in [0.3, 0.4) is 0 Å². The number of phenolic OH excluding ortho intramolecular Hbond substituents is 1. The average molecular weight is 253 g/mol. The lowest BCUT2D eigenvalue weighted by atomic mass is 9.76. The number of benzene rings is 2. The highest BCUT2D eigenvalue weighted by Crippen LogP contribution is 2.35. The van der Waals surface area contributed by atoms with Gasteiger partial charge in [0.2, 0.25) is 0 Å². The summed E-state index contributed by atoms with van der Waals surface area (Å²) in [5.74, 6) is 0.643. The Morgan fingerprint density at radius 3 is 2.68 bits per heavy atom. The number of aromatic hydroxyl groups is 1. The van der Waals surface area contributed by atoms with Crippen molar-refractivity contribution in [2.24, 2.45) is 5.73 Å². The van der Waals surface area contributed by atoms with Crippen LogP contribution in [-0.2, 0) is 12.8 Å². The largest absolute Gasteiger partial charge is 0.508 e. The molecule has 2 aromatic carbocycles. The van der Waals surface area contributed by atoms with Gasteiger partial charge in [0.05, 0.1) is 0 Å². The van der Waals surface area contributed by atoms with Gasteiger partial charge in [0, 0.05) is 12.0 Å². The minimum absolute atomic E-state index is 0.175. The molecule has 1 aliphatic carbocycles. The molecule has 0 aliphatic heterocycles. The number of nitrogens with two attached hydrogens (primary N) is 1. The topological polar surface area (TPSA) is 46.2 Å². The molecule has 0 radical (unpaired) electrons. The highest BCUT2D eigenvalue weighted by molar-refractivity contribution is 5.41. The van der Waals surface area contributed by atoms with Crippen LogP contribution in [0.15, 0.2) is 48.5 Å². The monoisotopic (exact) mass is 253 g/mol. The first kappa shape index (κ1) is 12.2. The van der Waals surface area contributed by atoms with Crippen molar-refractivity contribution >= 4 is 0 Å². The number of fused-ring (bicyclic) bond motifs is 1. The normalized spacial score (nSPS) is 21.9. The molecule has 0 amide bonds. The summed E-state index contributed by atoms with van der Waals surface area (Å²) in [4.78, 5) is 0. The minimum atomic E-state index is 0.175. The van der Waals surface area contributed by atoms with Crippen LogP contribution in [0.25, 0.3) is 0 Å². The molecule has 2 heteroatoms. The van der Waals surface area contributed by atoms with E-state index in [-0.39, 0.29) is 6.04 Å². The second-order valence-electron chi connectivity index (χ2n) is 5.38.